The van der Waals surface area contributed by atoms with E-state index in [0.29, 0.717) is 18.9 Å². The van der Waals surface area contributed by atoms with Crippen molar-refractivity contribution in [3.05, 3.63) is 113 Å². The van der Waals surface area contributed by atoms with Gasteiger partial charge in [0.15, 0.2) is 6.20 Å². The molecule has 3 aromatic carbocycles. The first kappa shape index (κ1) is 29.5. The van der Waals surface area contributed by atoms with Gasteiger partial charge < -0.3 is 9.64 Å². The number of pyridine rings is 1. The van der Waals surface area contributed by atoms with Crippen molar-refractivity contribution in [2.24, 2.45) is 13.0 Å². The fourth-order valence-corrected chi connectivity index (χ4v) is 7.80. The molecule has 2 aliphatic rings. The van der Waals surface area contributed by atoms with Gasteiger partial charge in [0.25, 0.3) is 10.1 Å². The average Bonchev–Trinajstić information content (AvgIpc) is 3.35. The van der Waals surface area contributed by atoms with Crippen LogP contribution in [0.5, 0.6) is 5.75 Å². The standard InChI is InChI=1S/C35H36N2O4S2/c1-36-21-19-27(31-15-5-6-16-32(31)36)23-28(26-11-9-14-30(24-26)41-29-12-3-2-4-13-29)25-35-37(20-10-22-43(38,39)40)33-17-7-8-18-34(33)42-35/h2-8,12-13,15-19,21,23,25-26,30H,9-11,14,20,22,24H2,1H3/p+1. The molecule has 6 rings (SSSR count). The van der Waals surface area contributed by atoms with Gasteiger partial charge >= 0.3 is 0 Å². The Hall–Kier alpha value is -3.59. The number of fused-ring (bicyclic) bond motifs is 2. The largest absolute Gasteiger partial charge is 0.490 e. The molecule has 43 heavy (non-hydrogen) atoms. The summed E-state index contributed by atoms with van der Waals surface area (Å²) in [6, 6.07) is 29.0. The number of hydrogen-bond acceptors (Lipinski definition) is 5. The molecule has 0 spiro atoms. The second kappa shape index (κ2) is 13.0. The van der Waals surface area contributed by atoms with Gasteiger partial charge in [0.1, 0.15) is 12.8 Å². The molecule has 1 fully saturated rings. The lowest BCUT2D eigenvalue weighted by Gasteiger charge is -2.31. The number of allylic oxidation sites excluding steroid dienone is 2. The van der Waals surface area contributed by atoms with Crippen LogP contribution in [-0.2, 0) is 17.2 Å². The zero-order valence-corrected chi connectivity index (χ0v) is 25.9. The predicted molar refractivity (Wildman–Crippen MR) is 175 cm³/mol. The minimum atomic E-state index is -4.03. The van der Waals surface area contributed by atoms with E-state index in [0.717, 1.165) is 47.0 Å². The molecule has 2 atom stereocenters. The molecule has 0 radical (unpaired) electrons. The van der Waals surface area contributed by atoms with Crippen LogP contribution in [-0.4, -0.2) is 31.4 Å². The Labute approximate surface area is 258 Å². The molecule has 222 valence electrons. The number of nitrogens with zero attached hydrogens (tertiary/aromatic N) is 2. The van der Waals surface area contributed by atoms with E-state index in [1.165, 1.54) is 22.0 Å². The molecule has 0 saturated heterocycles. The van der Waals surface area contributed by atoms with Crippen LogP contribution in [0.15, 0.2) is 113 Å². The van der Waals surface area contributed by atoms with Crippen molar-refractivity contribution in [3.63, 3.8) is 0 Å². The first-order valence-electron chi connectivity index (χ1n) is 14.9. The van der Waals surface area contributed by atoms with Crippen LogP contribution in [0.1, 0.15) is 37.7 Å². The highest BCUT2D eigenvalue weighted by atomic mass is 32.2. The lowest BCUT2D eigenvalue weighted by atomic mass is 9.81. The van der Waals surface area contributed by atoms with Crippen LogP contribution >= 0.6 is 11.8 Å². The number of aryl methyl sites for hydroxylation is 1. The minimum absolute atomic E-state index is 0.132. The molecule has 1 aromatic heterocycles. The highest BCUT2D eigenvalue weighted by Gasteiger charge is 2.29. The molecule has 6 nitrogen and oxygen atoms in total. The zero-order chi connectivity index (χ0) is 29.8. The molecule has 0 amide bonds. The van der Waals surface area contributed by atoms with Crippen molar-refractivity contribution in [3.8, 4) is 5.75 Å². The molecule has 1 N–H and O–H groups in total. The summed E-state index contributed by atoms with van der Waals surface area (Å²) >= 11 is 1.71. The van der Waals surface area contributed by atoms with Crippen molar-refractivity contribution in [2.75, 3.05) is 17.2 Å². The molecule has 2 unspecified atom stereocenters. The highest BCUT2D eigenvalue weighted by Crippen LogP contribution is 2.47. The summed E-state index contributed by atoms with van der Waals surface area (Å²) < 4.78 is 41.0. The van der Waals surface area contributed by atoms with Crippen LogP contribution in [0.2, 0.25) is 0 Å². The zero-order valence-electron chi connectivity index (χ0n) is 24.3. The van der Waals surface area contributed by atoms with Gasteiger partial charge in [-0.05, 0) is 85.6 Å². The van der Waals surface area contributed by atoms with Crippen LogP contribution in [0.25, 0.3) is 17.0 Å². The summed E-state index contributed by atoms with van der Waals surface area (Å²) in [7, 11) is -1.96. The van der Waals surface area contributed by atoms with E-state index in [9.17, 15) is 13.0 Å². The molecule has 2 heterocycles. The third kappa shape index (κ3) is 7.15. The van der Waals surface area contributed by atoms with Gasteiger partial charge in [-0.15, -0.1) is 0 Å². The summed E-state index contributed by atoms with van der Waals surface area (Å²) in [6.07, 6.45) is 11.3. The fraction of sp³-hybridized carbons (Fsp3) is 0.286. The maximum absolute atomic E-state index is 11.5. The maximum Gasteiger partial charge on any atom is 0.264 e. The summed E-state index contributed by atoms with van der Waals surface area (Å²) in [5.74, 6) is 0.942. The Bertz CT molecular complexity index is 1770. The Morgan fingerprint density at radius 1 is 1.02 bits per heavy atom. The molecular weight excluding hydrogens is 577 g/mol. The van der Waals surface area contributed by atoms with E-state index in [1.54, 1.807) is 11.8 Å². The quantitative estimate of drug-likeness (QED) is 0.157. The number of benzene rings is 3. The van der Waals surface area contributed by atoms with Crippen LogP contribution < -0.4 is 14.2 Å². The van der Waals surface area contributed by atoms with E-state index in [1.807, 2.05) is 42.5 Å². The molecule has 1 saturated carbocycles. The Kier molecular flexibility index (Phi) is 8.88. The van der Waals surface area contributed by atoms with E-state index >= 15 is 0 Å². The summed E-state index contributed by atoms with van der Waals surface area (Å²) in [6.45, 7) is 0.497. The van der Waals surface area contributed by atoms with Gasteiger partial charge in [0, 0.05) is 23.6 Å². The van der Waals surface area contributed by atoms with Crippen LogP contribution in [0, 0.1) is 5.92 Å². The molecular formula is C35H37N2O4S2+. The first-order valence-corrected chi connectivity index (χ1v) is 17.3. The Morgan fingerprint density at radius 3 is 2.63 bits per heavy atom. The van der Waals surface area contributed by atoms with Crippen LogP contribution in [0.4, 0.5) is 5.69 Å². The Balaban J connectivity index is 1.39. The van der Waals surface area contributed by atoms with Crippen molar-refractivity contribution in [1.82, 2.24) is 0 Å². The van der Waals surface area contributed by atoms with Gasteiger partial charge in [0.05, 0.1) is 28.0 Å². The monoisotopic (exact) mass is 613 g/mol. The second-order valence-corrected chi connectivity index (χ2v) is 13.9. The van der Waals surface area contributed by atoms with E-state index in [4.69, 9.17) is 4.74 Å². The third-order valence-electron chi connectivity index (χ3n) is 8.25. The number of para-hydroxylation sites is 3. The van der Waals surface area contributed by atoms with Crippen molar-refractivity contribution in [2.45, 2.75) is 43.1 Å². The number of hydrogen-bond donors (Lipinski definition) is 1. The van der Waals surface area contributed by atoms with Gasteiger partial charge in [0.2, 0.25) is 5.52 Å². The van der Waals surface area contributed by atoms with Gasteiger partial charge in [-0.1, -0.05) is 60.3 Å². The first-order chi connectivity index (χ1) is 20.8. The lowest BCUT2D eigenvalue weighted by Crippen LogP contribution is -2.28. The molecule has 8 heteroatoms. The van der Waals surface area contributed by atoms with Gasteiger partial charge in [-0.2, -0.15) is 8.42 Å². The predicted octanol–water partition coefficient (Wildman–Crippen LogP) is 7.42. The highest BCUT2D eigenvalue weighted by molar-refractivity contribution is 8.03. The number of thioether (sulfide) groups is 1. The summed E-state index contributed by atoms with van der Waals surface area (Å²) in [5.41, 5.74) is 4.66. The van der Waals surface area contributed by atoms with E-state index in [-0.39, 0.29) is 11.9 Å². The molecule has 4 aromatic rings. The molecule has 1 aliphatic carbocycles. The Morgan fingerprint density at radius 2 is 1.79 bits per heavy atom. The number of rotatable bonds is 9. The maximum atomic E-state index is 11.5. The normalized spacial score (nSPS) is 20.0. The molecule has 1 aliphatic heterocycles. The topological polar surface area (TPSA) is 70.7 Å². The van der Waals surface area contributed by atoms with E-state index < -0.39 is 10.1 Å². The smallest absolute Gasteiger partial charge is 0.264 e. The lowest BCUT2D eigenvalue weighted by molar-refractivity contribution is -0.644. The molecule has 0 bridgehead atoms. The second-order valence-electron chi connectivity index (χ2n) is 11.3. The van der Waals surface area contributed by atoms with Crippen LogP contribution in [0.3, 0.4) is 0 Å². The van der Waals surface area contributed by atoms with Gasteiger partial charge in [-0.3, -0.25) is 4.55 Å². The number of aromatic nitrogens is 1. The van der Waals surface area contributed by atoms with Crippen molar-refractivity contribution >= 4 is 44.5 Å². The summed E-state index contributed by atoms with van der Waals surface area (Å²) in [5, 5.41) is 2.27. The fourth-order valence-electron chi connectivity index (χ4n) is 6.16. The SMILES string of the molecule is C[n+]1ccc(/C=C(/C=C2/Sc3ccccc3N2CCCS(=O)(=O)O)C2CCCC(Oc3ccccc3)C2)c2ccccc21. The van der Waals surface area contributed by atoms with E-state index in [2.05, 4.69) is 77.3 Å². The third-order valence-corrected chi connectivity index (χ3v) is 10.2. The van der Waals surface area contributed by atoms with Crippen molar-refractivity contribution < 1.29 is 22.3 Å². The van der Waals surface area contributed by atoms with Crippen molar-refractivity contribution in [1.29, 1.82) is 0 Å². The number of ether oxygens (including phenoxy) is 1. The van der Waals surface area contributed by atoms with Gasteiger partial charge in [-0.25, -0.2) is 4.57 Å². The summed E-state index contributed by atoms with van der Waals surface area (Å²) in [4.78, 5) is 3.34. The average molecular weight is 614 g/mol. The number of anilines is 1. The minimum Gasteiger partial charge on any atom is -0.490 e.